The Labute approximate surface area is 120 Å². The number of amides is 2. The molecule has 0 aliphatic carbocycles. The van der Waals surface area contributed by atoms with Crippen molar-refractivity contribution in [3.05, 3.63) is 23.9 Å². The summed E-state index contributed by atoms with van der Waals surface area (Å²) in [6, 6.07) is 3.77. The van der Waals surface area contributed by atoms with E-state index in [1.54, 1.807) is 6.20 Å². The summed E-state index contributed by atoms with van der Waals surface area (Å²) < 4.78 is 5.35. The second kappa shape index (κ2) is 7.12. The molecule has 1 N–H and O–H groups in total. The van der Waals surface area contributed by atoms with Gasteiger partial charge in [0.1, 0.15) is 0 Å². The van der Waals surface area contributed by atoms with Crippen LogP contribution in [-0.2, 0) is 6.54 Å². The lowest BCUT2D eigenvalue weighted by molar-refractivity contribution is 0.169. The van der Waals surface area contributed by atoms with E-state index in [9.17, 15) is 4.79 Å². The van der Waals surface area contributed by atoms with Gasteiger partial charge in [0.25, 0.3) is 0 Å². The highest BCUT2D eigenvalue weighted by molar-refractivity contribution is 5.74. The summed E-state index contributed by atoms with van der Waals surface area (Å²) in [4.78, 5) is 18.1. The predicted octanol–water partition coefficient (Wildman–Crippen LogP) is 2.42. The Kier molecular flexibility index (Phi) is 5.21. The van der Waals surface area contributed by atoms with Gasteiger partial charge in [-0.3, -0.25) is 0 Å². The number of likely N-dealkylation sites (tertiary alicyclic amines) is 1. The molecule has 20 heavy (non-hydrogen) atoms. The van der Waals surface area contributed by atoms with E-state index >= 15 is 0 Å². The molecule has 2 heterocycles. The highest BCUT2D eigenvalue weighted by Crippen LogP contribution is 2.15. The van der Waals surface area contributed by atoms with Crippen molar-refractivity contribution in [3.63, 3.8) is 0 Å². The quantitative estimate of drug-likeness (QED) is 0.919. The molecule has 2 amide bonds. The molecule has 2 rings (SSSR count). The Morgan fingerprint density at radius 1 is 1.60 bits per heavy atom. The summed E-state index contributed by atoms with van der Waals surface area (Å²) in [5.74, 6) is 1.20. The molecule has 5 nitrogen and oxygen atoms in total. The molecule has 0 saturated carbocycles. The molecule has 1 aromatic rings. The average Bonchev–Trinajstić information content (AvgIpc) is 2.45. The van der Waals surface area contributed by atoms with E-state index in [1.165, 1.54) is 6.42 Å². The van der Waals surface area contributed by atoms with Crippen LogP contribution in [-0.4, -0.2) is 35.6 Å². The molecule has 1 aliphatic heterocycles. The van der Waals surface area contributed by atoms with Gasteiger partial charge in [-0.1, -0.05) is 6.92 Å². The second-order valence-corrected chi connectivity index (χ2v) is 5.29. The number of pyridine rings is 1. The van der Waals surface area contributed by atoms with Crippen LogP contribution in [0.5, 0.6) is 5.88 Å². The molecule has 1 aliphatic rings. The Hall–Kier alpha value is -1.78. The molecule has 5 heteroatoms. The van der Waals surface area contributed by atoms with Crippen molar-refractivity contribution in [1.29, 1.82) is 0 Å². The van der Waals surface area contributed by atoms with Crippen LogP contribution in [0.3, 0.4) is 0 Å². The lowest BCUT2D eigenvalue weighted by Gasteiger charge is -2.30. The van der Waals surface area contributed by atoms with Crippen molar-refractivity contribution in [2.24, 2.45) is 5.92 Å². The lowest BCUT2D eigenvalue weighted by Crippen LogP contribution is -2.44. The van der Waals surface area contributed by atoms with E-state index < -0.39 is 0 Å². The van der Waals surface area contributed by atoms with Crippen LogP contribution in [0, 0.1) is 5.92 Å². The van der Waals surface area contributed by atoms with Crippen LogP contribution in [0.4, 0.5) is 4.79 Å². The van der Waals surface area contributed by atoms with Gasteiger partial charge in [0.15, 0.2) is 0 Å². The van der Waals surface area contributed by atoms with E-state index in [4.69, 9.17) is 4.74 Å². The third kappa shape index (κ3) is 4.11. The smallest absolute Gasteiger partial charge is 0.317 e. The minimum atomic E-state index is 0.0197. The number of nitrogens with one attached hydrogen (secondary N) is 1. The number of piperidine rings is 1. The fourth-order valence-corrected chi connectivity index (χ4v) is 2.45. The van der Waals surface area contributed by atoms with Gasteiger partial charge in [0.05, 0.1) is 6.61 Å². The number of urea groups is 1. The Morgan fingerprint density at radius 3 is 3.20 bits per heavy atom. The fourth-order valence-electron chi connectivity index (χ4n) is 2.45. The van der Waals surface area contributed by atoms with E-state index in [2.05, 4.69) is 17.2 Å². The van der Waals surface area contributed by atoms with Crippen LogP contribution >= 0.6 is 0 Å². The number of hydrogen-bond acceptors (Lipinski definition) is 3. The summed E-state index contributed by atoms with van der Waals surface area (Å²) >= 11 is 0. The molecule has 0 spiro atoms. The number of carbonyl (C=O) groups is 1. The summed E-state index contributed by atoms with van der Waals surface area (Å²) in [6.45, 7) is 6.92. The van der Waals surface area contributed by atoms with Crippen molar-refractivity contribution in [3.8, 4) is 5.88 Å². The third-order valence-corrected chi connectivity index (χ3v) is 3.48. The van der Waals surface area contributed by atoms with Crippen LogP contribution < -0.4 is 10.1 Å². The minimum absolute atomic E-state index is 0.0197. The van der Waals surface area contributed by atoms with Crippen LogP contribution in [0.25, 0.3) is 0 Å². The largest absolute Gasteiger partial charge is 0.478 e. The molecule has 1 atom stereocenters. The number of nitrogens with zero attached hydrogens (tertiary/aromatic N) is 2. The first-order valence-electron chi connectivity index (χ1n) is 7.29. The molecule has 1 fully saturated rings. The van der Waals surface area contributed by atoms with Crippen molar-refractivity contribution < 1.29 is 9.53 Å². The standard InChI is InChI=1S/C15H23N3O2/c1-3-20-14-9-13(6-7-16-14)10-17-15(19)18-8-4-5-12(2)11-18/h6-7,9,12H,3-5,8,10-11H2,1-2H3,(H,17,19). The van der Waals surface area contributed by atoms with E-state index in [1.807, 2.05) is 24.0 Å². The number of carbonyl (C=O) groups excluding carboxylic acids is 1. The maximum Gasteiger partial charge on any atom is 0.317 e. The summed E-state index contributed by atoms with van der Waals surface area (Å²) in [5.41, 5.74) is 1.00. The molecule has 0 aromatic carbocycles. The maximum absolute atomic E-state index is 12.1. The second-order valence-electron chi connectivity index (χ2n) is 5.29. The van der Waals surface area contributed by atoms with Gasteiger partial charge in [-0.25, -0.2) is 9.78 Å². The zero-order chi connectivity index (χ0) is 14.4. The highest BCUT2D eigenvalue weighted by Gasteiger charge is 2.20. The zero-order valence-corrected chi connectivity index (χ0v) is 12.3. The number of hydrogen-bond donors (Lipinski definition) is 1. The van der Waals surface area contributed by atoms with E-state index in [-0.39, 0.29) is 6.03 Å². The minimum Gasteiger partial charge on any atom is -0.478 e. The molecule has 1 saturated heterocycles. The number of ether oxygens (including phenoxy) is 1. The van der Waals surface area contributed by atoms with Gasteiger partial charge in [0, 0.05) is 31.9 Å². The van der Waals surface area contributed by atoms with Gasteiger partial charge in [-0.2, -0.15) is 0 Å². The van der Waals surface area contributed by atoms with Crippen LogP contribution in [0.15, 0.2) is 18.3 Å². The zero-order valence-electron chi connectivity index (χ0n) is 12.3. The monoisotopic (exact) mass is 277 g/mol. The fraction of sp³-hybridized carbons (Fsp3) is 0.600. The van der Waals surface area contributed by atoms with Gasteiger partial charge in [-0.05, 0) is 37.3 Å². The molecule has 1 unspecified atom stereocenters. The molecule has 1 aromatic heterocycles. The normalized spacial score (nSPS) is 18.7. The molecular formula is C15H23N3O2. The topological polar surface area (TPSA) is 54.5 Å². The third-order valence-electron chi connectivity index (χ3n) is 3.48. The summed E-state index contributed by atoms with van der Waals surface area (Å²) in [5, 5.41) is 2.96. The van der Waals surface area contributed by atoms with Crippen molar-refractivity contribution in [2.45, 2.75) is 33.2 Å². The lowest BCUT2D eigenvalue weighted by atomic mass is 10.0. The Morgan fingerprint density at radius 2 is 2.45 bits per heavy atom. The van der Waals surface area contributed by atoms with Crippen molar-refractivity contribution >= 4 is 6.03 Å². The van der Waals surface area contributed by atoms with Gasteiger partial charge >= 0.3 is 6.03 Å². The first-order valence-corrected chi connectivity index (χ1v) is 7.29. The van der Waals surface area contributed by atoms with E-state index in [0.29, 0.717) is 24.9 Å². The highest BCUT2D eigenvalue weighted by atomic mass is 16.5. The Balaban J connectivity index is 1.85. The van der Waals surface area contributed by atoms with Crippen molar-refractivity contribution in [2.75, 3.05) is 19.7 Å². The summed E-state index contributed by atoms with van der Waals surface area (Å²) in [6.07, 6.45) is 4.01. The van der Waals surface area contributed by atoms with Crippen LogP contribution in [0.1, 0.15) is 32.3 Å². The SMILES string of the molecule is CCOc1cc(CNC(=O)N2CCCC(C)C2)ccn1. The Bertz CT molecular complexity index is 450. The predicted molar refractivity (Wildman–Crippen MR) is 77.6 cm³/mol. The number of aromatic nitrogens is 1. The molecule has 110 valence electrons. The first-order chi connectivity index (χ1) is 9.69. The van der Waals surface area contributed by atoms with Gasteiger partial charge < -0.3 is 15.0 Å². The van der Waals surface area contributed by atoms with Gasteiger partial charge in [0.2, 0.25) is 5.88 Å². The molecular weight excluding hydrogens is 254 g/mol. The molecule has 0 radical (unpaired) electrons. The maximum atomic E-state index is 12.1. The number of rotatable bonds is 4. The van der Waals surface area contributed by atoms with Gasteiger partial charge in [-0.15, -0.1) is 0 Å². The molecule has 0 bridgehead atoms. The van der Waals surface area contributed by atoms with E-state index in [0.717, 1.165) is 25.1 Å². The van der Waals surface area contributed by atoms with Crippen LogP contribution in [0.2, 0.25) is 0 Å². The summed E-state index contributed by atoms with van der Waals surface area (Å²) in [7, 11) is 0. The average molecular weight is 277 g/mol. The van der Waals surface area contributed by atoms with Crippen molar-refractivity contribution in [1.82, 2.24) is 15.2 Å². The first kappa shape index (κ1) is 14.6.